The predicted molar refractivity (Wildman–Crippen MR) is 95.0 cm³/mol. The van der Waals surface area contributed by atoms with Gasteiger partial charge in [-0.1, -0.05) is 0 Å². The van der Waals surface area contributed by atoms with E-state index >= 15 is 0 Å². The normalized spacial score (nSPS) is 24.7. The Hall–Kier alpha value is -1.90. The molecular formula is C16H25N5O3S. The Morgan fingerprint density at radius 3 is 2.56 bits per heavy atom. The van der Waals surface area contributed by atoms with Crippen LogP contribution < -0.4 is 10.2 Å². The largest absolute Gasteiger partial charge is 0.481 e. The highest BCUT2D eigenvalue weighted by Crippen LogP contribution is 2.25. The Bertz CT molecular complexity index is 615. The molecule has 2 aliphatic rings. The third-order valence-corrected chi connectivity index (χ3v) is 5.84. The zero-order chi connectivity index (χ0) is 17.8. The van der Waals surface area contributed by atoms with E-state index in [2.05, 4.69) is 19.6 Å². The van der Waals surface area contributed by atoms with Crippen molar-refractivity contribution in [1.29, 1.82) is 0 Å². The molecule has 0 aromatic carbocycles. The van der Waals surface area contributed by atoms with E-state index in [1.165, 1.54) is 11.5 Å². The monoisotopic (exact) mass is 367 g/mol. The van der Waals surface area contributed by atoms with E-state index < -0.39 is 5.97 Å². The first kappa shape index (κ1) is 17.9. The first-order valence-corrected chi connectivity index (χ1v) is 9.64. The number of nitrogens with zero attached hydrogens (tertiary/aromatic N) is 4. The Morgan fingerprint density at radius 2 is 1.92 bits per heavy atom. The molecule has 2 N–H and O–H groups in total. The zero-order valence-electron chi connectivity index (χ0n) is 14.5. The van der Waals surface area contributed by atoms with Crippen LogP contribution in [0.4, 0.5) is 9.93 Å². The van der Waals surface area contributed by atoms with Gasteiger partial charge in [-0.25, -0.2) is 9.78 Å². The van der Waals surface area contributed by atoms with Crippen molar-refractivity contribution in [3.8, 4) is 0 Å². The van der Waals surface area contributed by atoms with Gasteiger partial charge in [0.1, 0.15) is 5.82 Å². The van der Waals surface area contributed by atoms with Crippen molar-refractivity contribution in [3.05, 3.63) is 5.82 Å². The number of carbonyl (C=O) groups is 2. The van der Waals surface area contributed by atoms with Crippen molar-refractivity contribution in [3.63, 3.8) is 0 Å². The second-order valence-corrected chi connectivity index (χ2v) is 7.52. The summed E-state index contributed by atoms with van der Waals surface area (Å²) in [6, 6.07) is 0.0577. The van der Waals surface area contributed by atoms with Crippen LogP contribution in [0.2, 0.25) is 0 Å². The summed E-state index contributed by atoms with van der Waals surface area (Å²) in [5.41, 5.74) is 0. The van der Waals surface area contributed by atoms with Crippen molar-refractivity contribution in [2.24, 2.45) is 5.92 Å². The lowest BCUT2D eigenvalue weighted by atomic mass is 9.86. The molecule has 0 radical (unpaired) electrons. The number of aliphatic carboxylic acids is 1. The van der Waals surface area contributed by atoms with Crippen LogP contribution in [0, 0.1) is 12.8 Å². The number of carboxylic acid groups (broad SMARTS) is 1. The third kappa shape index (κ3) is 4.59. The molecule has 1 saturated heterocycles. The Morgan fingerprint density at radius 1 is 1.16 bits per heavy atom. The maximum absolute atomic E-state index is 12.5. The topological polar surface area (TPSA) is 98.7 Å². The second kappa shape index (κ2) is 7.99. The number of carboxylic acids is 1. The number of carbonyl (C=O) groups excluding carboxylic acids is 1. The van der Waals surface area contributed by atoms with Crippen LogP contribution >= 0.6 is 11.5 Å². The highest BCUT2D eigenvalue weighted by Gasteiger charge is 2.28. The smallest absolute Gasteiger partial charge is 0.317 e. The number of hydrogen-bond acceptors (Lipinski definition) is 6. The number of nitrogens with one attached hydrogen (secondary N) is 1. The Labute approximate surface area is 151 Å². The fourth-order valence-electron chi connectivity index (χ4n) is 3.48. The molecule has 25 heavy (non-hydrogen) atoms. The summed E-state index contributed by atoms with van der Waals surface area (Å²) >= 11 is 1.40. The van der Waals surface area contributed by atoms with Gasteiger partial charge in [0.05, 0.1) is 5.92 Å². The van der Waals surface area contributed by atoms with Crippen LogP contribution in [0.15, 0.2) is 0 Å². The fraction of sp³-hybridized carbons (Fsp3) is 0.750. The lowest BCUT2D eigenvalue weighted by molar-refractivity contribution is -0.142. The number of anilines is 1. The molecule has 0 bridgehead atoms. The molecule has 3 rings (SSSR count). The van der Waals surface area contributed by atoms with Gasteiger partial charge in [-0.15, -0.1) is 0 Å². The van der Waals surface area contributed by atoms with Gasteiger partial charge in [0, 0.05) is 43.8 Å². The molecule has 1 aromatic rings. The Kier molecular flexibility index (Phi) is 5.72. The molecule has 2 amide bonds. The molecule has 1 saturated carbocycles. The minimum absolute atomic E-state index is 0.0333. The van der Waals surface area contributed by atoms with Gasteiger partial charge in [-0.2, -0.15) is 4.37 Å². The molecule has 1 aliphatic carbocycles. The van der Waals surface area contributed by atoms with Gasteiger partial charge < -0.3 is 20.2 Å². The van der Waals surface area contributed by atoms with E-state index in [1.807, 2.05) is 11.8 Å². The average molecular weight is 367 g/mol. The van der Waals surface area contributed by atoms with Gasteiger partial charge >= 0.3 is 12.0 Å². The first-order valence-electron chi connectivity index (χ1n) is 8.86. The summed E-state index contributed by atoms with van der Waals surface area (Å²) in [6.45, 7) is 4.91. The summed E-state index contributed by atoms with van der Waals surface area (Å²) in [6.07, 6.45) is 3.67. The van der Waals surface area contributed by atoms with Crippen LogP contribution in [-0.4, -0.2) is 63.6 Å². The second-order valence-electron chi connectivity index (χ2n) is 6.79. The summed E-state index contributed by atoms with van der Waals surface area (Å²) in [4.78, 5) is 32.0. The minimum Gasteiger partial charge on any atom is -0.481 e. The first-order chi connectivity index (χ1) is 12.0. The van der Waals surface area contributed by atoms with Crippen molar-refractivity contribution in [1.82, 2.24) is 19.6 Å². The van der Waals surface area contributed by atoms with Crippen LogP contribution in [0.25, 0.3) is 0 Å². The van der Waals surface area contributed by atoms with Crippen molar-refractivity contribution < 1.29 is 14.7 Å². The molecule has 2 fully saturated rings. The van der Waals surface area contributed by atoms with Crippen molar-refractivity contribution >= 4 is 28.7 Å². The lowest BCUT2D eigenvalue weighted by Crippen LogP contribution is -2.47. The quantitative estimate of drug-likeness (QED) is 0.844. The number of aromatic nitrogens is 2. The molecular weight excluding hydrogens is 342 g/mol. The number of urea groups is 1. The molecule has 0 atom stereocenters. The minimum atomic E-state index is -0.718. The summed E-state index contributed by atoms with van der Waals surface area (Å²) in [5, 5.41) is 13.1. The van der Waals surface area contributed by atoms with Gasteiger partial charge in [-0.3, -0.25) is 4.79 Å². The van der Waals surface area contributed by atoms with Gasteiger partial charge in [0.15, 0.2) is 0 Å². The highest BCUT2D eigenvalue weighted by molar-refractivity contribution is 7.09. The molecule has 8 nitrogen and oxygen atoms in total. The molecule has 1 aliphatic heterocycles. The van der Waals surface area contributed by atoms with Crippen LogP contribution in [0.5, 0.6) is 0 Å². The van der Waals surface area contributed by atoms with E-state index in [4.69, 9.17) is 5.11 Å². The SMILES string of the molecule is Cc1nsc(N2CCCN(C(=O)NC3CCC(C(=O)O)CC3)CC2)n1. The van der Waals surface area contributed by atoms with Crippen molar-refractivity contribution in [2.75, 3.05) is 31.1 Å². The van der Waals surface area contributed by atoms with E-state index in [0.717, 1.165) is 49.9 Å². The molecule has 138 valence electrons. The molecule has 0 unspecified atom stereocenters. The van der Waals surface area contributed by atoms with Gasteiger partial charge in [0.25, 0.3) is 0 Å². The van der Waals surface area contributed by atoms with E-state index in [0.29, 0.717) is 19.4 Å². The molecule has 9 heteroatoms. The lowest BCUT2D eigenvalue weighted by Gasteiger charge is -2.29. The van der Waals surface area contributed by atoms with Gasteiger partial charge in [0.2, 0.25) is 5.13 Å². The average Bonchev–Trinajstić information content (AvgIpc) is 2.88. The third-order valence-electron chi connectivity index (χ3n) is 4.97. The summed E-state index contributed by atoms with van der Waals surface area (Å²) < 4.78 is 4.23. The van der Waals surface area contributed by atoms with E-state index in [1.54, 1.807) is 0 Å². The Balaban J connectivity index is 1.47. The number of amides is 2. The highest BCUT2D eigenvalue weighted by atomic mass is 32.1. The fourth-order valence-corrected chi connectivity index (χ4v) is 4.20. The predicted octanol–water partition coefficient (Wildman–Crippen LogP) is 1.71. The maximum Gasteiger partial charge on any atom is 0.317 e. The van der Waals surface area contributed by atoms with E-state index in [9.17, 15) is 9.59 Å². The van der Waals surface area contributed by atoms with Gasteiger partial charge in [-0.05, 0) is 39.0 Å². The number of hydrogen-bond donors (Lipinski definition) is 2. The standard InChI is InChI=1S/C16H25N5O3S/c1-11-17-16(25-19-11)21-8-2-7-20(9-10-21)15(24)18-13-5-3-12(4-6-13)14(22)23/h12-13H,2-10H2,1H3,(H,18,24)(H,22,23). The molecule has 0 spiro atoms. The molecule has 2 heterocycles. The van der Waals surface area contributed by atoms with Crippen molar-refractivity contribution in [2.45, 2.75) is 45.1 Å². The summed E-state index contributed by atoms with van der Waals surface area (Å²) in [7, 11) is 0. The van der Waals surface area contributed by atoms with E-state index in [-0.39, 0.29) is 18.0 Å². The molecule has 1 aromatic heterocycles. The number of rotatable bonds is 3. The maximum atomic E-state index is 12.5. The van der Waals surface area contributed by atoms with Crippen LogP contribution in [-0.2, 0) is 4.79 Å². The number of aryl methyl sites for hydroxylation is 1. The zero-order valence-corrected chi connectivity index (χ0v) is 15.3. The summed E-state index contributed by atoms with van der Waals surface area (Å²) in [5.74, 6) is -0.185. The van der Waals surface area contributed by atoms with Crippen LogP contribution in [0.3, 0.4) is 0 Å². The van der Waals surface area contributed by atoms with Crippen LogP contribution in [0.1, 0.15) is 37.9 Å².